The quantitative estimate of drug-likeness (QED) is 0.455. The predicted molar refractivity (Wildman–Crippen MR) is 61.3 cm³/mol. The lowest BCUT2D eigenvalue weighted by atomic mass is 9.51. The van der Waals surface area contributed by atoms with Crippen molar-refractivity contribution < 1.29 is 24.9 Å². The molecule has 4 aliphatic rings. The Morgan fingerprint density at radius 1 is 1.00 bits per heavy atom. The largest absolute Gasteiger partial charge is 0.458 e. The van der Waals surface area contributed by atoms with E-state index < -0.39 is 30.4 Å². The summed E-state index contributed by atoms with van der Waals surface area (Å²) in [4.78, 5) is 11.3. The number of ether oxygens (including phenoxy) is 1. The Morgan fingerprint density at radius 3 is 1.89 bits per heavy atom. The molecule has 0 aromatic carbocycles. The minimum Gasteiger partial charge on any atom is -0.458 e. The molecular formula is C13H18O5. The van der Waals surface area contributed by atoms with Crippen LogP contribution in [0.25, 0.3) is 0 Å². The summed E-state index contributed by atoms with van der Waals surface area (Å²) >= 11 is 0. The van der Waals surface area contributed by atoms with Gasteiger partial charge in [-0.25, -0.2) is 4.79 Å². The maximum Gasteiger partial charge on any atom is 0.330 e. The van der Waals surface area contributed by atoms with Crippen LogP contribution in [-0.4, -0.2) is 45.7 Å². The molecule has 0 aliphatic heterocycles. The predicted octanol–water partition coefficient (Wildman–Crippen LogP) is -0.547. The van der Waals surface area contributed by atoms with Gasteiger partial charge in [0.05, 0.1) is 18.3 Å². The molecule has 5 nitrogen and oxygen atoms in total. The summed E-state index contributed by atoms with van der Waals surface area (Å²) in [7, 11) is 0. The van der Waals surface area contributed by atoms with Crippen LogP contribution in [0.15, 0.2) is 12.7 Å². The highest BCUT2D eigenvalue weighted by Gasteiger charge is 2.62. The molecule has 18 heavy (non-hydrogen) atoms. The lowest BCUT2D eigenvalue weighted by Gasteiger charge is -2.59. The van der Waals surface area contributed by atoms with E-state index in [0.717, 1.165) is 6.08 Å². The molecule has 0 saturated heterocycles. The summed E-state index contributed by atoms with van der Waals surface area (Å²) in [5, 5.41) is 30.4. The Bertz CT molecular complexity index is 358. The molecule has 5 heteroatoms. The summed E-state index contributed by atoms with van der Waals surface area (Å²) < 4.78 is 5.29. The number of hydrogen-bond acceptors (Lipinski definition) is 5. The van der Waals surface area contributed by atoms with Crippen molar-refractivity contribution in [3.63, 3.8) is 0 Å². The zero-order valence-electron chi connectivity index (χ0n) is 9.98. The lowest BCUT2D eigenvalue weighted by Crippen LogP contribution is -2.67. The monoisotopic (exact) mass is 254 g/mol. The second-order valence-corrected chi connectivity index (χ2v) is 5.70. The highest BCUT2D eigenvalue weighted by molar-refractivity contribution is 5.81. The lowest BCUT2D eigenvalue weighted by molar-refractivity contribution is -0.252. The molecule has 4 saturated carbocycles. The van der Waals surface area contributed by atoms with E-state index in [4.69, 9.17) is 4.74 Å². The van der Waals surface area contributed by atoms with Crippen molar-refractivity contribution >= 4 is 5.97 Å². The van der Waals surface area contributed by atoms with Crippen LogP contribution in [0.5, 0.6) is 0 Å². The molecular weight excluding hydrogens is 236 g/mol. The third-order valence-corrected chi connectivity index (χ3v) is 4.98. The molecule has 0 amide bonds. The van der Waals surface area contributed by atoms with Gasteiger partial charge in [-0.15, -0.1) is 0 Å². The van der Waals surface area contributed by atoms with E-state index in [1.165, 1.54) is 0 Å². The Kier molecular flexibility index (Phi) is 2.73. The van der Waals surface area contributed by atoms with Gasteiger partial charge < -0.3 is 20.1 Å². The zero-order chi connectivity index (χ0) is 13.0. The van der Waals surface area contributed by atoms with Gasteiger partial charge in [-0.1, -0.05) is 6.58 Å². The molecule has 6 unspecified atom stereocenters. The highest BCUT2D eigenvalue weighted by atomic mass is 16.5. The van der Waals surface area contributed by atoms with Gasteiger partial charge in [-0.05, 0) is 12.8 Å². The Balaban J connectivity index is 1.87. The molecule has 3 N–H and O–H groups in total. The molecule has 4 rings (SSSR count). The van der Waals surface area contributed by atoms with Crippen molar-refractivity contribution in [2.75, 3.05) is 0 Å². The number of hydrogen-bond donors (Lipinski definition) is 3. The summed E-state index contributed by atoms with van der Waals surface area (Å²) in [6, 6.07) is 0. The Morgan fingerprint density at radius 2 is 1.44 bits per heavy atom. The van der Waals surface area contributed by atoms with Crippen molar-refractivity contribution in [1.29, 1.82) is 0 Å². The maximum absolute atomic E-state index is 11.3. The normalized spacial score (nSPS) is 53.3. The first-order valence-corrected chi connectivity index (χ1v) is 6.42. The summed E-state index contributed by atoms with van der Waals surface area (Å²) in [5.41, 5.74) is 0. The van der Waals surface area contributed by atoms with Crippen LogP contribution in [0, 0.1) is 23.7 Å². The van der Waals surface area contributed by atoms with E-state index >= 15 is 0 Å². The second-order valence-electron chi connectivity index (χ2n) is 5.70. The molecule has 4 bridgehead atoms. The molecule has 100 valence electrons. The number of aliphatic hydroxyl groups excluding tert-OH is 3. The van der Waals surface area contributed by atoms with Gasteiger partial charge in [-0.3, -0.25) is 0 Å². The van der Waals surface area contributed by atoms with Crippen molar-refractivity contribution in [2.45, 2.75) is 37.3 Å². The number of carbonyl (C=O) groups is 1. The fourth-order valence-electron chi connectivity index (χ4n) is 4.15. The van der Waals surface area contributed by atoms with E-state index in [2.05, 4.69) is 6.58 Å². The van der Waals surface area contributed by atoms with E-state index in [-0.39, 0.29) is 23.7 Å². The third kappa shape index (κ3) is 1.47. The fraction of sp³-hybridized carbons (Fsp3) is 0.769. The number of aliphatic hydroxyl groups is 3. The Hall–Kier alpha value is -0.910. The van der Waals surface area contributed by atoms with Crippen LogP contribution in [0.3, 0.4) is 0 Å². The molecule has 0 heterocycles. The van der Waals surface area contributed by atoms with Crippen LogP contribution >= 0.6 is 0 Å². The fourth-order valence-corrected chi connectivity index (χ4v) is 4.15. The second kappa shape index (κ2) is 4.05. The molecule has 0 radical (unpaired) electrons. The molecule has 4 aliphatic carbocycles. The molecule has 0 aromatic rings. The standard InChI is InChI=1S/C13H18O5/c1-2-9(14)18-13-7-3-5-10(15)6(12(7)17)4-8(13)11(5)16/h2,5-8,10-13,15-17H,1,3-4H2. The average Bonchev–Trinajstić information content (AvgIpc) is 2.34. The van der Waals surface area contributed by atoms with Gasteiger partial charge >= 0.3 is 5.97 Å². The number of rotatable bonds is 2. The first kappa shape index (κ1) is 12.1. The molecule has 0 spiro atoms. The SMILES string of the molecule is C=CC(=O)OC1C2CC3C(O)C(CC1C3O)C2O. The number of carbonyl (C=O) groups excluding carboxylic acids is 1. The molecule has 6 atom stereocenters. The van der Waals surface area contributed by atoms with Gasteiger partial charge in [0.25, 0.3) is 0 Å². The molecule has 0 aromatic heterocycles. The smallest absolute Gasteiger partial charge is 0.330 e. The van der Waals surface area contributed by atoms with Crippen LogP contribution in [0.2, 0.25) is 0 Å². The Labute approximate surface area is 105 Å². The van der Waals surface area contributed by atoms with Crippen molar-refractivity contribution in [3.05, 3.63) is 12.7 Å². The number of esters is 1. The van der Waals surface area contributed by atoms with E-state index in [0.29, 0.717) is 12.8 Å². The topological polar surface area (TPSA) is 87.0 Å². The van der Waals surface area contributed by atoms with E-state index in [1.54, 1.807) is 0 Å². The van der Waals surface area contributed by atoms with E-state index in [9.17, 15) is 20.1 Å². The van der Waals surface area contributed by atoms with Crippen molar-refractivity contribution in [1.82, 2.24) is 0 Å². The minimum atomic E-state index is -0.650. The summed E-state index contributed by atoms with van der Waals surface area (Å²) in [5.74, 6) is -1.25. The van der Waals surface area contributed by atoms with Crippen molar-refractivity contribution in [3.8, 4) is 0 Å². The first-order chi connectivity index (χ1) is 8.54. The zero-order valence-corrected chi connectivity index (χ0v) is 9.98. The van der Waals surface area contributed by atoms with Crippen molar-refractivity contribution in [2.24, 2.45) is 23.7 Å². The van der Waals surface area contributed by atoms with Gasteiger partial charge in [0.2, 0.25) is 0 Å². The third-order valence-electron chi connectivity index (χ3n) is 4.98. The van der Waals surface area contributed by atoms with Gasteiger partial charge in [0, 0.05) is 29.7 Å². The minimum absolute atomic E-state index is 0.172. The van der Waals surface area contributed by atoms with Gasteiger partial charge in [-0.2, -0.15) is 0 Å². The van der Waals surface area contributed by atoms with Crippen LogP contribution < -0.4 is 0 Å². The first-order valence-electron chi connectivity index (χ1n) is 6.42. The van der Waals surface area contributed by atoms with Gasteiger partial charge in [0.15, 0.2) is 0 Å². The summed E-state index contributed by atoms with van der Waals surface area (Å²) in [6.07, 6.45) is -0.292. The van der Waals surface area contributed by atoms with Crippen LogP contribution in [0.4, 0.5) is 0 Å². The highest BCUT2D eigenvalue weighted by Crippen LogP contribution is 2.54. The van der Waals surface area contributed by atoms with Crippen LogP contribution in [-0.2, 0) is 9.53 Å². The maximum atomic E-state index is 11.3. The average molecular weight is 254 g/mol. The van der Waals surface area contributed by atoms with Crippen LogP contribution in [0.1, 0.15) is 12.8 Å². The van der Waals surface area contributed by atoms with E-state index in [1.807, 2.05) is 0 Å². The van der Waals surface area contributed by atoms with Gasteiger partial charge in [0.1, 0.15) is 6.10 Å². The summed E-state index contributed by atoms with van der Waals surface area (Å²) in [6.45, 7) is 3.35. The molecule has 4 fully saturated rings.